The lowest BCUT2D eigenvalue weighted by Gasteiger charge is -1.39. The largest absolute Gasteiger partial charge is 0.692 e. The Morgan fingerprint density at radius 3 is 1.67 bits per heavy atom. The van der Waals surface area contributed by atoms with Crippen LogP contribution in [-0.2, 0) is 4.57 Å². The SMILES string of the molecule is O=[P+](O)O.c1ccsc1. The Balaban J connectivity index is 0.000000148. The van der Waals surface area contributed by atoms with E-state index in [0.717, 1.165) is 0 Å². The first-order valence-corrected chi connectivity index (χ1v) is 4.16. The van der Waals surface area contributed by atoms with Gasteiger partial charge >= 0.3 is 8.25 Å². The molecule has 3 nitrogen and oxygen atoms in total. The summed E-state index contributed by atoms with van der Waals surface area (Å²) in [5.41, 5.74) is 0. The molecule has 9 heavy (non-hydrogen) atoms. The highest BCUT2D eigenvalue weighted by Crippen LogP contribution is 1.98. The molecule has 50 valence electrons. The smallest absolute Gasteiger partial charge is 0.152 e. The van der Waals surface area contributed by atoms with Crippen molar-refractivity contribution in [3.05, 3.63) is 22.9 Å². The quantitative estimate of drug-likeness (QED) is 0.571. The van der Waals surface area contributed by atoms with Crippen molar-refractivity contribution in [3.8, 4) is 0 Å². The monoisotopic (exact) mass is 165 g/mol. The van der Waals surface area contributed by atoms with Crippen LogP contribution in [0.25, 0.3) is 0 Å². The Hall–Kier alpha value is -0.280. The average Bonchev–Trinajstić information content (AvgIpc) is 2.11. The van der Waals surface area contributed by atoms with Crippen molar-refractivity contribution in [3.63, 3.8) is 0 Å². The van der Waals surface area contributed by atoms with Gasteiger partial charge in [-0.2, -0.15) is 11.3 Å². The molecule has 0 aromatic carbocycles. The van der Waals surface area contributed by atoms with Gasteiger partial charge < -0.3 is 0 Å². The van der Waals surface area contributed by atoms with Gasteiger partial charge in [0.2, 0.25) is 0 Å². The molecule has 0 radical (unpaired) electrons. The number of rotatable bonds is 0. The standard InChI is InChI=1S/C4H4S.HO3P/c1-2-4-5-3-1;1-4(2)3/h1-4H;(H-,1,2,3)/p+1. The van der Waals surface area contributed by atoms with Crippen LogP contribution in [-0.4, -0.2) is 9.79 Å². The van der Waals surface area contributed by atoms with Crippen LogP contribution >= 0.6 is 19.6 Å². The van der Waals surface area contributed by atoms with Crippen LogP contribution in [0.1, 0.15) is 0 Å². The minimum Gasteiger partial charge on any atom is -0.152 e. The molecule has 0 amide bonds. The van der Waals surface area contributed by atoms with Gasteiger partial charge in [0.1, 0.15) is 0 Å². The van der Waals surface area contributed by atoms with Gasteiger partial charge in [-0.3, -0.25) is 0 Å². The van der Waals surface area contributed by atoms with E-state index in [4.69, 9.17) is 14.4 Å². The molecule has 2 N–H and O–H groups in total. The Morgan fingerprint density at radius 2 is 1.56 bits per heavy atom. The van der Waals surface area contributed by atoms with Crippen molar-refractivity contribution in [2.75, 3.05) is 0 Å². The van der Waals surface area contributed by atoms with Crippen molar-refractivity contribution in [2.45, 2.75) is 0 Å². The van der Waals surface area contributed by atoms with E-state index in [9.17, 15) is 0 Å². The van der Waals surface area contributed by atoms with Gasteiger partial charge in [0, 0.05) is 4.57 Å². The maximum atomic E-state index is 8.70. The molecule has 0 aliphatic heterocycles. The lowest BCUT2D eigenvalue weighted by Crippen LogP contribution is -1.38. The van der Waals surface area contributed by atoms with E-state index in [1.807, 2.05) is 22.9 Å². The van der Waals surface area contributed by atoms with Crippen LogP contribution in [0.2, 0.25) is 0 Å². The van der Waals surface area contributed by atoms with Gasteiger partial charge in [0.25, 0.3) is 0 Å². The Morgan fingerprint density at radius 1 is 1.22 bits per heavy atom. The predicted octanol–water partition coefficient (Wildman–Crippen LogP) is 1.38. The first-order valence-electron chi connectivity index (χ1n) is 2.05. The van der Waals surface area contributed by atoms with Crippen molar-refractivity contribution in [2.24, 2.45) is 0 Å². The molecule has 0 fully saturated rings. The third kappa shape index (κ3) is 11.3. The molecular formula is C4H6O3PS+. The summed E-state index contributed by atoms with van der Waals surface area (Å²) in [6, 6.07) is 4.04. The minimum atomic E-state index is -2.87. The Labute approximate surface area is 57.5 Å². The number of thiophene rings is 1. The van der Waals surface area contributed by atoms with E-state index in [-0.39, 0.29) is 0 Å². The normalized spacial score (nSPS) is 7.33. The molecule has 0 unspecified atom stereocenters. The summed E-state index contributed by atoms with van der Waals surface area (Å²) >= 11 is 1.71. The fraction of sp³-hybridized carbons (Fsp3) is 0. The average molecular weight is 165 g/mol. The Bertz CT molecular complexity index is 130. The highest BCUT2D eigenvalue weighted by molar-refractivity contribution is 7.30. The summed E-state index contributed by atoms with van der Waals surface area (Å²) in [4.78, 5) is 14.2. The van der Waals surface area contributed by atoms with Crippen LogP contribution < -0.4 is 0 Å². The second-order valence-electron chi connectivity index (χ2n) is 1.05. The number of hydrogen-bond acceptors (Lipinski definition) is 2. The highest BCUT2D eigenvalue weighted by atomic mass is 32.1. The van der Waals surface area contributed by atoms with Crippen molar-refractivity contribution < 1.29 is 14.4 Å². The van der Waals surface area contributed by atoms with Crippen LogP contribution in [0.4, 0.5) is 0 Å². The minimum absolute atomic E-state index is 1.71. The van der Waals surface area contributed by atoms with Gasteiger partial charge in [0.05, 0.1) is 0 Å². The molecule has 1 aromatic heterocycles. The van der Waals surface area contributed by atoms with Crippen LogP contribution in [0, 0.1) is 0 Å². The third-order valence-electron chi connectivity index (χ3n) is 0.425. The van der Waals surface area contributed by atoms with Gasteiger partial charge in [-0.1, -0.05) is 12.1 Å². The van der Waals surface area contributed by atoms with Crippen molar-refractivity contribution in [1.82, 2.24) is 0 Å². The molecule has 0 bridgehead atoms. The number of hydrogen-bond donors (Lipinski definition) is 2. The third-order valence-corrected chi connectivity index (χ3v) is 1.05. The highest BCUT2D eigenvalue weighted by Gasteiger charge is 1.93. The zero-order valence-electron chi connectivity index (χ0n) is 4.47. The van der Waals surface area contributed by atoms with E-state index in [0.29, 0.717) is 0 Å². The van der Waals surface area contributed by atoms with Gasteiger partial charge in [-0.25, -0.2) is 0 Å². The summed E-state index contributed by atoms with van der Waals surface area (Å²) in [6.07, 6.45) is 0. The van der Waals surface area contributed by atoms with Crippen molar-refractivity contribution >= 4 is 19.6 Å². The fourth-order valence-electron chi connectivity index (χ4n) is 0.227. The maximum Gasteiger partial charge on any atom is 0.692 e. The second-order valence-corrected chi connectivity index (χ2v) is 2.37. The molecule has 0 atom stereocenters. The molecule has 1 aromatic rings. The summed E-state index contributed by atoms with van der Waals surface area (Å²) < 4.78 is 8.70. The second kappa shape index (κ2) is 5.85. The Kier molecular flexibility index (Phi) is 5.67. The molecule has 0 saturated heterocycles. The molecule has 1 heterocycles. The molecule has 1 rings (SSSR count). The maximum absolute atomic E-state index is 8.70. The summed E-state index contributed by atoms with van der Waals surface area (Å²) in [5, 5.41) is 4.08. The molecular weight excluding hydrogens is 159 g/mol. The first kappa shape index (κ1) is 8.72. The van der Waals surface area contributed by atoms with Crippen LogP contribution in [0.5, 0.6) is 0 Å². The first-order chi connectivity index (χ1) is 4.23. The molecule has 0 saturated carbocycles. The molecule has 0 aliphatic rings. The lowest BCUT2D eigenvalue weighted by atomic mass is 10.7. The molecule has 0 spiro atoms. The predicted molar refractivity (Wildman–Crippen MR) is 36.4 cm³/mol. The van der Waals surface area contributed by atoms with E-state index in [1.54, 1.807) is 11.3 Å². The van der Waals surface area contributed by atoms with Gasteiger partial charge in [-0.05, 0) is 10.8 Å². The van der Waals surface area contributed by atoms with Crippen LogP contribution in [0.15, 0.2) is 22.9 Å². The van der Waals surface area contributed by atoms with Gasteiger partial charge in [0.15, 0.2) is 0 Å². The van der Waals surface area contributed by atoms with Crippen molar-refractivity contribution in [1.29, 1.82) is 0 Å². The summed E-state index contributed by atoms with van der Waals surface area (Å²) in [6.45, 7) is 0. The van der Waals surface area contributed by atoms with E-state index in [1.165, 1.54) is 0 Å². The zero-order valence-corrected chi connectivity index (χ0v) is 6.18. The zero-order chi connectivity index (χ0) is 7.11. The van der Waals surface area contributed by atoms with Gasteiger partial charge in [-0.15, -0.1) is 9.79 Å². The summed E-state index contributed by atoms with van der Waals surface area (Å²) in [5.74, 6) is 0. The van der Waals surface area contributed by atoms with E-state index in [2.05, 4.69) is 0 Å². The van der Waals surface area contributed by atoms with E-state index >= 15 is 0 Å². The summed E-state index contributed by atoms with van der Waals surface area (Å²) in [7, 11) is -2.87. The topological polar surface area (TPSA) is 57.5 Å². The van der Waals surface area contributed by atoms with Crippen LogP contribution in [0.3, 0.4) is 0 Å². The fourth-order valence-corrected chi connectivity index (χ4v) is 0.680. The van der Waals surface area contributed by atoms with E-state index < -0.39 is 8.25 Å². The molecule has 0 aliphatic carbocycles. The lowest BCUT2D eigenvalue weighted by molar-refractivity contribution is 0.405. The molecule has 5 heteroatoms.